The number of benzene rings is 1. The highest BCUT2D eigenvalue weighted by Crippen LogP contribution is 2.21. The maximum absolute atomic E-state index is 9.54. The fourth-order valence-electron chi connectivity index (χ4n) is 2.36. The number of aliphatic hydroxyl groups excluding tert-OH is 1. The van der Waals surface area contributed by atoms with E-state index in [-0.39, 0.29) is 6.10 Å². The molecule has 4 nitrogen and oxygen atoms in total. The van der Waals surface area contributed by atoms with E-state index in [1.165, 1.54) is 0 Å². The van der Waals surface area contributed by atoms with Gasteiger partial charge < -0.3 is 15.6 Å². The molecule has 0 radical (unpaired) electrons. The van der Waals surface area contributed by atoms with E-state index in [9.17, 15) is 5.11 Å². The van der Waals surface area contributed by atoms with E-state index in [0.29, 0.717) is 18.2 Å². The molecular formula is C14H22N2O2. The Bertz CT molecular complexity index is 382. The van der Waals surface area contributed by atoms with Gasteiger partial charge in [-0.1, -0.05) is 12.1 Å². The quantitative estimate of drug-likeness (QED) is 0.775. The Labute approximate surface area is 108 Å². The van der Waals surface area contributed by atoms with Crippen molar-refractivity contribution < 1.29 is 9.84 Å². The summed E-state index contributed by atoms with van der Waals surface area (Å²) < 4.78 is 5.67. The third-order valence-electron chi connectivity index (χ3n) is 3.58. The minimum atomic E-state index is -0.208. The number of likely N-dealkylation sites (tertiary alicyclic amines) is 1. The first-order valence-electron chi connectivity index (χ1n) is 6.54. The molecule has 1 aliphatic heterocycles. The van der Waals surface area contributed by atoms with Gasteiger partial charge in [0, 0.05) is 13.1 Å². The van der Waals surface area contributed by atoms with Gasteiger partial charge in [0.2, 0.25) is 0 Å². The summed E-state index contributed by atoms with van der Waals surface area (Å²) in [4.78, 5) is 2.33. The van der Waals surface area contributed by atoms with E-state index in [1.54, 1.807) is 0 Å². The van der Waals surface area contributed by atoms with Gasteiger partial charge in [-0.25, -0.2) is 0 Å². The van der Waals surface area contributed by atoms with Gasteiger partial charge in [-0.15, -0.1) is 0 Å². The molecule has 1 aromatic carbocycles. The highest BCUT2D eigenvalue weighted by Gasteiger charge is 2.25. The maximum atomic E-state index is 9.54. The standard InChI is InChI=1S/C14H22N2O2/c1-11(17)12-6-7-16(10-12)8-9-18-14-5-3-2-4-13(14)15/h2-5,11-12,17H,6-10,15H2,1H3. The second kappa shape index (κ2) is 6.07. The first-order valence-corrected chi connectivity index (χ1v) is 6.54. The molecule has 1 saturated heterocycles. The minimum Gasteiger partial charge on any atom is -0.490 e. The van der Waals surface area contributed by atoms with Crippen LogP contribution in [0.25, 0.3) is 0 Å². The van der Waals surface area contributed by atoms with Gasteiger partial charge in [0.05, 0.1) is 11.8 Å². The summed E-state index contributed by atoms with van der Waals surface area (Å²) in [6.45, 7) is 5.40. The van der Waals surface area contributed by atoms with Crippen LogP contribution in [0.3, 0.4) is 0 Å². The number of hydrogen-bond donors (Lipinski definition) is 2. The summed E-state index contributed by atoms with van der Waals surface area (Å²) in [6, 6.07) is 7.55. The van der Waals surface area contributed by atoms with Crippen molar-refractivity contribution in [2.75, 3.05) is 32.0 Å². The largest absolute Gasteiger partial charge is 0.490 e. The van der Waals surface area contributed by atoms with E-state index < -0.39 is 0 Å². The van der Waals surface area contributed by atoms with Gasteiger partial charge in [-0.05, 0) is 37.9 Å². The van der Waals surface area contributed by atoms with Crippen molar-refractivity contribution >= 4 is 5.69 Å². The Balaban J connectivity index is 1.72. The van der Waals surface area contributed by atoms with Crippen molar-refractivity contribution in [3.05, 3.63) is 24.3 Å². The van der Waals surface area contributed by atoms with Crippen LogP contribution in [0.5, 0.6) is 5.75 Å². The van der Waals surface area contributed by atoms with Crippen LogP contribution < -0.4 is 10.5 Å². The number of ether oxygens (including phenoxy) is 1. The van der Waals surface area contributed by atoms with E-state index in [1.807, 2.05) is 31.2 Å². The van der Waals surface area contributed by atoms with Crippen LogP contribution in [0.2, 0.25) is 0 Å². The van der Waals surface area contributed by atoms with E-state index in [2.05, 4.69) is 4.90 Å². The average molecular weight is 250 g/mol. The number of rotatable bonds is 5. The first-order chi connectivity index (χ1) is 8.66. The van der Waals surface area contributed by atoms with Gasteiger partial charge in [0.15, 0.2) is 0 Å². The zero-order valence-corrected chi connectivity index (χ0v) is 10.9. The SMILES string of the molecule is CC(O)C1CCN(CCOc2ccccc2N)C1. The fourth-order valence-corrected chi connectivity index (χ4v) is 2.36. The van der Waals surface area contributed by atoms with Crippen LogP contribution in [0.15, 0.2) is 24.3 Å². The third kappa shape index (κ3) is 3.37. The number of nitrogens with zero attached hydrogens (tertiary/aromatic N) is 1. The molecule has 1 fully saturated rings. The van der Waals surface area contributed by atoms with Crippen molar-refractivity contribution in [3.63, 3.8) is 0 Å². The van der Waals surface area contributed by atoms with E-state index in [0.717, 1.165) is 31.8 Å². The Morgan fingerprint density at radius 2 is 2.28 bits per heavy atom. The highest BCUT2D eigenvalue weighted by molar-refractivity contribution is 5.51. The molecule has 18 heavy (non-hydrogen) atoms. The normalized spacial score (nSPS) is 22.0. The van der Waals surface area contributed by atoms with E-state index >= 15 is 0 Å². The molecule has 2 atom stereocenters. The van der Waals surface area contributed by atoms with Crippen LogP contribution in [0, 0.1) is 5.92 Å². The molecule has 0 amide bonds. The lowest BCUT2D eigenvalue weighted by atomic mass is 10.0. The predicted molar refractivity (Wildman–Crippen MR) is 72.6 cm³/mol. The number of nitrogen functional groups attached to an aromatic ring is 1. The molecule has 0 bridgehead atoms. The molecule has 3 N–H and O–H groups in total. The number of anilines is 1. The smallest absolute Gasteiger partial charge is 0.142 e. The Morgan fingerprint density at radius 1 is 1.50 bits per heavy atom. The predicted octanol–water partition coefficient (Wildman–Crippen LogP) is 1.35. The van der Waals surface area contributed by atoms with Crippen LogP contribution in [-0.2, 0) is 0 Å². The molecule has 1 heterocycles. The summed E-state index contributed by atoms with van der Waals surface area (Å²) in [7, 11) is 0. The topological polar surface area (TPSA) is 58.7 Å². The lowest BCUT2D eigenvalue weighted by Gasteiger charge is -2.17. The van der Waals surface area contributed by atoms with Gasteiger partial charge in [-0.2, -0.15) is 0 Å². The van der Waals surface area contributed by atoms with Gasteiger partial charge in [0.25, 0.3) is 0 Å². The molecule has 1 aromatic rings. The van der Waals surface area contributed by atoms with Crippen molar-refractivity contribution in [2.45, 2.75) is 19.4 Å². The van der Waals surface area contributed by atoms with Gasteiger partial charge in [0.1, 0.15) is 12.4 Å². The first kappa shape index (κ1) is 13.2. The number of aliphatic hydroxyl groups is 1. The van der Waals surface area contributed by atoms with Crippen molar-refractivity contribution in [1.29, 1.82) is 0 Å². The average Bonchev–Trinajstić information content (AvgIpc) is 2.80. The van der Waals surface area contributed by atoms with E-state index in [4.69, 9.17) is 10.5 Å². The maximum Gasteiger partial charge on any atom is 0.142 e. The molecule has 0 aliphatic carbocycles. The Morgan fingerprint density at radius 3 is 2.94 bits per heavy atom. The summed E-state index contributed by atoms with van der Waals surface area (Å²) in [5.74, 6) is 1.16. The second-order valence-corrected chi connectivity index (χ2v) is 4.98. The lowest BCUT2D eigenvalue weighted by Crippen LogP contribution is -2.28. The molecule has 0 saturated carbocycles. The summed E-state index contributed by atoms with van der Waals surface area (Å²) in [5, 5.41) is 9.54. The Kier molecular flexibility index (Phi) is 4.44. The number of nitrogens with two attached hydrogens (primary N) is 1. The molecule has 0 spiro atoms. The third-order valence-corrected chi connectivity index (χ3v) is 3.58. The van der Waals surface area contributed by atoms with Gasteiger partial charge in [-0.3, -0.25) is 4.90 Å². The molecule has 2 rings (SSSR count). The zero-order chi connectivity index (χ0) is 13.0. The van der Waals surface area contributed by atoms with Crippen molar-refractivity contribution in [2.24, 2.45) is 5.92 Å². The van der Waals surface area contributed by atoms with Crippen LogP contribution >= 0.6 is 0 Å². The summed E-state index contributed by atoms with van der Waals surface area (Å²) in [6.07, 6.45) is 0.867. The minimum absolute atomic E-state index is 0.208. The fraction of sp³-hybridized carbons (Fsp3) is 0.571. The van der Waals surface area contributed by atoms with Crippen LogP contribution in [-0.4, -0.2) is 42.4 Å². The summed E-state index contributed by atoms with van der Waals surface area (Å²) in [5.41, 5.74) is 6.49. The Hall–Kier alpha value is -1.26. The van der Waals surface area contributed by atoms with Crippen LogP contribution in [0.1, 0.15) is 13.3 Å². The van der Waals surface area contributed by atoms with Crippen molar-refractivity contribution in [3.8, 4) is 5.75 Å². The summed E-state index contributed by atoms with van der Waals surface area (Å²) >= 11 is 0. The number of hydrogen-bond acceptors (Lipinski definition) is 4. The van der Waals surface area contributed by atoms with Gasteiger partial charge >= 0.3 is 0 Å². The highest BCUT2D eigenvalue weighted by atomic mass is 16.5. The molecule has 100 valence electrons. The molecular weight excluding hydrogens is 228 g/mol. The molecule has 4 heteroatoms. The number of para-hydroxylation sites is 2. The monoisotopic (exact) mass is 250 g/mol. The van der Waals surface area contributed by atoms with Crippen molar-refractivity contribution in [1.82, 2.24) is 4.90 Å². The zero-order valence-electron chi connectivity index (χ0n) is 10.9. The molecule has 1 aliphatic rings. The molecule has 2 unspecified atom stereocenters. The lowest BCUT2D eigenvalue weighted by molar-refractivity contribution is 0.125. The molecule has 0 aromatic heterocycles. The second-order valence-electron chi connectivity index (χ2n) is 4.98. The van der Waals surface area contributed by atoms with Crippen LogP contribution in [0.4, 0.5) is 5.69 Å².